The summed E-state index contributed by atoms with van der Waals surface area (Å²) in [5.41, 5.74) is 6.48. The first-order chi connectivity index (χ1) is 10.5. The van der Waals surface area contributed by atoms with Crippen LogP contribution in [0.5, 0.6) is 0 Å². The molecule has 0 aliphatic carbocycles. The molecule has 2 heterocycles. The van der Waals surface area contributed by atoms with E-state index in [1.54, 1.807) is 12.1 Å². The van der Waals surface area contributed by atoms with Gasteiger partial charge < -0.3 is 15.6 Å². The summed E-state index contributed by atoms with van der Waals surface area (Å²) in [7, 11) is 0. The van der Waals surface area contributed by atoms with Crippen LogP contribution >= 0.6 is 22.9 Å². The van der Waals surface area contributed by atoms with Gasteiger partial charge in [-0.1, -0.05) is 42.9 Å². The smallest absolute Gasteiger partial charge is 0.259 e. The van der Waals surface area contributed by atoms with E-state index in [0.29, 0.717) is 10.0 Å². The largest absolute Gasteiger partial charge is 0.367 e. The molecule has 1 amide bonds. The number of amides is 1. The van der Waals surface area contributed by atoms with Crippen LogP contribution in [-0.2, 0) is 0 Å². The number of unbranched alkanes of at least 4 members (excludes halogenated alkanes) is 2. The number of hydrogen-bond acceptors (Lipinski definition) is 5. The Kier molecular flexibility index (Phi) is 5.85. The van der Waals surface area contributed by atoms with Crippen molar-refractivity contribution in [2.75, 3.05) is 5.73 Å². The average molecular weight is 342 g/mol. The van der Waals surface area contributed by atoms with E-state index in [0.717, 1.165) is 30.6 Å². The molecule has 1 atom stereocenters. The van der Waals surface area contributed by atoms with E-state index in [-0.39, 0.29) is 23.4 Å². The van der Waals surface area contributed by atoms with Gasteiger partial charge in [-0.05, 0) is 25.5 Å². The normalized spacial score (nSPS) is 12.3. The van der Waals surface area contributed by atoms with Crippen molar-refractivity contribution in [3.63, 3.8) is 0 Å². The number of carbonyl (C=O) groups is 1. The molecular formula is C15H20ClN3O2S. The van der Waals surface area contributed by atoms with E-state index in [4.69, 9.17) is 21.9 Å². The molecule has 0 spiro atoms. The van der Waals surface area contributed by atoms with Gasteiger partial charge in [0.15, 0.2) is 0 Å². The van der Waals surface area contributed by atoms with Crippen molar-refractivity contribution >= 4 is 34.7 Å². The number of rotatable bonds is 7. The Morgan fingerprint density at radius 1 is 1.50 bits per heavy atom. The lowest BCUT2D eigenvalue weighted by molar-refractivity contribution is 0.0939. The molecule has 2 rings (SSSR count). The van der Waals surface area contributed by atoms with E-state index in [1.807, 2.05) is 6.92 Å². The standard InChI is InChI=1S/C15H20ClN3O2S/c1-3-4-5-6-9(2)18-15(20)12-13(19-21-14(12)17)10-7-8-11(16)22-10/h7-9H,3-6,17H2,1-2H3,(H,18,20). The van der Waals surface area contributed by atoms with Crippen LogP contribution in [0.1, 0.15) is 49.9 Å². The highest BCUT2D eigenvalue weighted by Crippen LogP contribution is 2.34. The Morgan fingerprint density at radius 2 is 2.27 bits per heavy atom. The summed E-state index contributed by atoms with van der Waals surface area (Å²) in [6, 6.07) is 3.63. The molecule has 2 aromatic rings. The van der Waals surface area contributed by atoms with E-state index >= 15 is 0 Å². The first kappa shape index (κ1) is 16.8. The van der Waals surface area contributed by atoms with Gasteiger partial charge in [-0.25, -0.2) is 0 Å². The number of anilines is 1. The molecule has 22 heavy (non-hydrogen) atoms. The predicted molar refractivity (Wildman–Crippen MR) is 90.3 cm³/mol. The molecule has 0 aliphatic rings. The summed E-state index contributed by atoms with van der Waals surface area (Å²) >= 11 is 7.26. The van der Waals surface area contributed by atoms with Crippen LogP contribution in [0.4, 0.5) is 5.88 Å². The summed E-state index contributed by atoms with van der Waals surface area (Å²) in [6.45, 7) is 4.14. The number of nitrogens with one attached hydrogen (secondary N) is 1. The molecule has 0 saturated carbocycles. The first-order valence-corrected chi connectivity index (χ1v) is 8.54. The molecule has 0 aromatic carbocycles. The van der Waals surface area contributed by atoms with Crippen LogP contribution in [-0.4, -0.2) is 17.1 Å². The molecule has 3 N–H and O–H groups in total. The van der Waals surface area contributed by atoms with E-state index in [2.05, 4.69) is 17.4 Å². The number of aromatic nitrogens is 1. The Balaban J connectivity index is 2.11. The van der Waals surface area contributed by atoms with Crippen molar-refractivity contribution < 1.29 is 9.32 Å². The maximum Gasteiger partial charge on any atom is 0.259 e. The molecule has 0 radical (unpaired) electrons. The zero-order chi connectivity index (χ0) is 16.1. The van der Waals surface area contributed by atoms with Crippen molar-refractivity contribution in [1.29, 1.82) is 0 Å². The molecule has 0 saturated heterocycles. The Labute approximate surface area is 138 Å². The Bertz CT molecular complexity index is 639. The molecule has 0 fully saturated rings. The van der Waals surface area contributed by atoms with Crippen molar-refractivity contribution in [3.05, 3.63) is 22.0 Å². The third-order valence-corrected chi connectivity index (χ3v) is 4.61. The highest BCUT2D eigenvalue weighted by atomic mass is 35.5. The topological polar surface area (TPSA) is 81.2 Å². The first-order valence-electron chi connectivity index (χ1n) is 7.34. The molecule has 5 nitrogen and oxygen atoms in total. The van der Waals surface area contributed by atoms with Gasteiger partial charge >= 0.3 is 0 Å². The minimum atomic E-state index is -0.262. The second kappa shape index (κ2) is 7.65. The van der Waals surface area contributed by atoms with Gasteiger partial charge in [-0.2, -0.15) is 0 Å². The van der Waals surface area contributed by atoms with Gasteiger partial charge in [0.25, 0.3) is 5.91 Å². The van der Waals surface area contributed by atoms with Crippen LogP contribution in [0.3, 0.4) is 0 Å². The summed E-state index contributed by atoms with van der Waals surface area (Å²) in [6.07, 6.45) is 4.34. The van der Waals surface area contributed by atoms with Crippen molar-refractivity contribution in [1.82, 2.24) is 10.5 Å². The van der Waals surface area contributed by atoms with Gasteiger partial charge in [-0.3, -0.25) is 4.79 Å². The van der Waals surface area contributed by atoms with Gasteiger partial charge in [0.05, 0.1) is 9.21 Å². The number of carbonyl (C=O) groups excluding carboxylic acids is 1. The lowest BCUT2D eigenvalue weighted by Gasteiger charge is -2.13. The minimum absolute atomic E-state index is 0.0257. The SMILES string of the molecule is CCCCCC(C)NC(=O)c1c(-c2ccc(Cl)s2)noc1N. The molecule has 2 aromatic heterocycles. The Morgan fingerprint density at radius 3 is 2.91 bits per heavy atom. The summed E-state index contributed by atoms with van der Waals surface area (Å²) in [4.78, 5) is 13.2. The monoisotopic (exact) mass is 341 g/mol. The lowest BCUT2D eigenvalue weighted by Crippen LogP contribution is -2.33. The zero-order valence-electron chi connectivity index (χ0n) is 12.7. The summed E-state index contributed by atoms with van der Waals surface area (Å²) in [5.74, 6) is -0.236. The fourth-order valence-corrected chi connectivity index (χ4v) is 3.23. The van der Waals surface area contributed by atoms with Crippen molar-refractivity contribution in [2.24, 2.45) is 0 Å². The third-order valence-electron chi connectivity index (χ3n) is 3.37. The second-order valence-corrected chi connectivity index (χ2v) is 6.96. The van der Waals surface area contributed by atoms with E-state index < -0.39 is 0 Å². The van der Waals surface area contributed by atoms with Gasteiger partial charge in [0.2, 0.25) is 5.88 Å². The highest BCUT2D eigenvalue weighted by Gasteiger charge is 2.24. The van der Waals surface area contributed by atoms with Crippen LogP contribution < -0.4 is 11.1 Å². The molecular weight excluding hydrogens is 322 g/mol. The fourth-order valence-electron chi connectivity index (χ4n) is 2.20. The second-order valence-electron chi connectivity index (χ2n) is 5.24. The quantitative estimate of drug-likeness (QED) is 0.734. The van der Waals surface area contributed by atoms with Gasteiger partial charge in [0, 0.05) is 6.04 Å². The molecule has 120 valence electrons. The number of thiophene rings is 1. The average Bonchev–Trinajstić information content (AvgIpc) is 3.05. The Hall–Kier alpha value is -1.53. The van der Waals surface area contributed by atoms with Crippen molar-refractivity contribution in [3.8, 4) is 10.6 Å². The van der Waals surface area contributed by atoms with Gasteiger partial charge in [0.1, 0.15) is 11.3 Å². The summed E-state index contributed by atoms with van der Waals surface area (Å²) in [5, 5.41) is 6.85. The molecule has 0 bridgehead atoms. The highest BCUT2D eigenvalue weighted by molar-refractivity contribution is 7.19. The zero-order valence-corrected chi connectivity index (χ0v) is 14.3. The van der Waals surface area contributed by atoms with Gasteiger partial charge in [-0.15, -0.1) is 11.3 Å². The number of nitrogen functional groups attached to an aromatic ring is 1. The number of hydrogen-bond donors (Lipinski definition) is 2. The fraction of sp³-hybridized carbons (Fsp3) is 0.467. The van der Waals surface area contributed by atoms with Crippen LogP contribution in [0.2, 0.25) is 4.34 Å². The minimum Gasteiger partial charge on any atom is -0.367 e. The van der Waals surface area contributed by atoms with E-state index in [9.17, 15) is 4.79 Å². The molecule has 7 heteroatoms. The van der Waals surface area contributed by atoms with E-state index in [1.165, 1.54) is 11.3 Å². The third kappa shape index (κ3) is 4.01. The predicted octanol–water partition coefficient (Wildman–Crippen LogP) is 4.34. The number of nitrogens with two attached hydrogens (primary N) is 1. The molecule has 0 aliphatic heterocycles. The van der Waals surface area contributed by atoms with Crippen LogP contribution in [0, 0.1) is 0 Å². The van der Waals surface area contributed by atoms with Crippen LogP contribution in [0.15, 0.2) is 16.7 Å². The van der Waals surface area contributed by atoms with Crippen LogP contribution in [0.25, 0.3) is 10.6 Å². The van der Waals surface area contributed by atoms with Crippen molar-refractivity contribution in [2.45, 2.75) is 45.6 Å². The molecule has 1 unspecified atom stereocenters. The maximum absolute atomic E-state index is 12.5. The number of halogens is 1. The maximum atomic E-state index is 12.5. The summed E-state index contributed by atoms with van der Waals surface area (Å²) < 4.78 is 5.61. The number of nitrogens with zero attached hydrogens (tertiary/aromatic N) is 1. The lowest BCUT2D eigenvalue weighted by atomic mass is 10.1.